The number of aromatic nitrogens is 2. The van der Waals surface area contributed by atoms with Gasteiger partial charge in [0.05, 0.1) is 11.1 Å². The molecular formula is C11H9BrN2O. The third-order valence-electron chi connectivity index (χ3n) is 1.99. The predicted octanol–water partition coefficient (Wildman–Crippen LogP) is 2.40. The van der Waals surface area contributed by atoms with Crippen molar-refractivity contribution in [2.75, 3.05) is 0 Å². The average molecular weight is 265 g/mol. The van der Waals surface area contributed by atoms with Crippen LogP contribution in [0.25, 0.3) is 11.4 Å². The van der Waals surface area contributed by atoms with Crippen LogP contribution < -0.4 is 0 Å². The summed E-state index contributed by atoms with van der Waals surface area (Å²) in [6.07, 6.45) is 3.40. The van der Waals surface area contributed by atoms with Crippen LogP contribution in [0.5, 0.6) is 0 Å². The first-order chi connectivity index (χ1) is 7.29. The molecule has 0 aliphatic heterocycles. The van der Waals surface area contributed by atoms with Gasteiger partial charge in [0.1, 0.15) is 0 Å². The highest BCUT2D eigenvalue weighted by atomic mass is 79.9. The Kier molecular flexibility index (Phi) is 3.08. The summed E-state index contributed by atoms with van der Waals surface area (Å²) in [4.78, 5) is 8.37. The van der Waals surface area contributed by atoms with Crippen LogP contribution in [0.2, 0.25) is 0 Å². The molecule has 1 aromatic carbocycles. The minimum Gasteiger partial charge on any atom is -0.392 e. The maximum atomic E-state index is 9.00. The van der Waals surface area contributed by atoms with Crippen LogP contribution >= 0.6 is 15.9 Å². The van der Waals surface area contributed by atoms with E-state index in [0.29, 0.717) is 5.82 Å². The van der Waals surface area contributed by atoms with Gasteiger partial charge in [-0.05, 0) is 27.6 Å². The van der Waals surface area contributed by atoms with Gasteiger partial charge >= 0.3 is 0 Å². The lowest BCUT2D eigenvalue weighted by atomic mass is 10.1. The molecule has 0 spiro atoms. The van der Waals surface area contributed by atoms with Crippen LogP contribution in [0.4, 0.5) is 0 Å². The van der Waals surface area contributed by atoms with E-state index < -0.39 is 0 Å². The Hall–Kier alpha value is -1.26. The van der Waals surface area contributed by atoms with Crippen molar-refractivity contribution in [1.82, 2.24) is 9.97 Å². The number of hydrogen-bond donors (Lipinski definition) is 1. The van der Waals surface area contributed by atoms with Gasteiger partial charge in [0.2, 0.25) is 0 Å². The van der Waals surface area contributed by atoms with Gasteiger partial charge in [0.15, 0.2) is 5.82 Å². The average Bonchev–Trinajstić information content (AvgIpc) is 2.30. The first-order valence-electron chi connectivity index (χ1n) is 4.47. The van der Waals surface area contributed by atoms with Crippen LogP contribution in [0.1, 0.15) is 5.56 Å². The molecule has 0 radical (unpaired) electrons. The Morgan fingerprint density at radius 3 is 2.60 bits per heavy atom. The summed E-state index contributed by atoms with van der Waals surface area (Å²) in [5.74, 6) is 0.661. The summed E-state index contributed by atoms with van der Waals surface area (Å²) >= 11 is 3.28. The highest BCUT2D eigenvalue weighted by Gasteiger charge is 2.01. The maximum Gasteiger partial charge on any atom is 0.159 e. The van der Waals surface area contributed by atoms with Crippen molar-refractivity contribution in [2.45, 2.75) is 6.61 Å². The van der Waals surface area contributed by atoms with Gasteiger partial charge in [-0.15, -0.1) is 0 Å². The molecule has 0 aliphatic carbocycles. The normalized spacial score (nSPS) is 10.3. The summed E-state index contributed by atoms with van der Waals surface area (Å²) in [6.45, 7) is 0.0321. The third kappa shape index (κ3) is 2.40. The molecule has 2 aromatic rings. The van der Waals surface area contributed by atoms with E-state index in [0.717, 1.165) is 15.6 Å². The Morgan fingerprint density at radius 2 is 1.93 bits per heavy atom. The highest BCUT2D eigenvalue weighted by Crippen LogP contribution is 2.17. The minimum atomic E-state index is 0.0321. The third-order valence-corrected chi connectivity index (χ3v) is 2.40. The lowest BCUT2D eigenvalue weighted by Gasteiger charge is -2.01. The monoisotopic (exact) mass is 264 g/mol. The molecule has 15 heavy (non-hydrogen) atoms. The SMILES string of the molecule is OCc1cccc(-c2ncc(Br)cn2)c1. The summed E-state index contributed by atoms with van der Waals surface area (Å²) < 4.78 is 0.851. The smallest absolute Gasteiger partial charge is 0.159 e. The predicted molar refractivity (Wildman–Crippen MR) is 61.1 cm³/mol. The van der Waals surface area contributed by atoms with E-state index in [-0.39, 0.29) is 6.61 Å². The van der Waals surface area contributed by atoms with Crippen molar-refractivity contribution in [3.05, 3.63) is 46.7 Å². The molecule has 2 rings (SSSR count). The van der Waals surface area contributed by atoms with Gasteiger partial charge in [0, 0.05) is 18.0 Å². The standard InChI is InChI=1S/C11H9BrN2O/c12-10-5-13-11(14-6-10)9-3-1-2-8(4-9)7-15/h1-6,15H,7H2. The molecule has 1 aromatic heterocycles. The van der Waals surface area contributed by atoms with Gasteiger partial charge in [-0.2, -0.15) is 0 Å². The number of aliphatic hydroxyl groups is 1. The van der Waals surface area contributed by atoms with Crippen molar-refractivity contribution in [2.24, 2.45) is 0 Å². The van der Waals surface area contributed by atoms with E-state index in [2.05, 4.69) is 25.9 Å². The molecule has 0 bridgehead atoms. The topological polar surface area (TPSA) is 46.0 Å². The number of benzene rings is 1. The van der Waals surface area contributed by atoms with Gasteiger partial charge < -0.3 is 5.11 Å². The number of aliphatic hydroxyl groups excluding tert-OH is 1. The van der Waals surface area contributed by atoms with Crippen LogP contribution in [-0.2, 0) is 6.61 Å². The second kappa shape index (κ2) is 4.51. The van der Waals surface area contributed by atoms with Crippen molar-refractivity contribution < 1.29 is 5.11 Å². The summed E-state index contributed by atoms with van der Waals surface area (Å²) in [6, 6.07) is 7.54. The van der Waals surface area contributed by atoms with Crippen LogP contribution in [0, 0.1) is 0 Å². The Balaban J connectivity index is 2.40. The van der Waals surface area contributed by atoms with E-state index in [1.54, 1.807) is 12.4 Å². The summed E-state index contributed by atoms with van der Waals surface area (Å²) in [5.41, 5.74) is 1.77. The first kappa shape index (κ1) is 10.3. The molecular weight excluding hydrogens is 256 g/mol. The summed E-state index contributed by atoms with van der Waals surface area (Å²) in [7, 11) is 0. The van der Waals surface area contributed by atoms with Crippen LogP contribution in [-0.4, -0.2) is 15.1 Å². The molecule has 1 N–H and O–H groups in total. The van der Waals surface area contributed by atoms with Crippen LogP contribution in [0.15, 0.2) is 41.1 Å². The largest absolute Gasteiger partial charge is 0.392 e. The fourth-order valence-electron chi connectivity index (χ4n) is 1.27. The van der Waals surface area contributed by atoms with Gasteiger partial charge in [-0.1, -0.05) is 18.2 Å². The fraction of sp³-hybridized carbons (Fsp3) is 0.0909. The molecule has 0 saturated heterocycles. The number of hydrogen-bond acceptors (Lipinski definition) is 3. The van der Waals surface area contributed by atoms with Crippen molar-refractivity contribution >= 4 is 15.9 Å². The van der Waals surface area contributed by atoms with E-state index in [1.165, 1.54) is 0 Å². The van der Waals surface area contributed by atoms with Gasteiger partial charge in [-0.3, -0.25) is 0 Å². The Bertz CT molecular complexity index is 456. The number of halogens is 1. The second-order valence-electron chi connectivity index (χ2n) is 3.08. The summed E-state index contributed by atoms with van der Waals surface area (Å²) in [5, 5.41) is 9.00. The zero-order valence-electron chi connectivity index (χ0n) is 7.89. The molecule has 0 unspecified atom stereocenters. The molecule has 0 saturated carbocycles. The zero-order valence-corrected chi connectivity index (χ0v) is 9.48. The molecule has 0 aliphatic rings. The van der Waals surface area contributed by atoms with Crippen molar-refractivity contribution in [3.63, 3.8) is 0 Å². The molecule has 0 atom stereocenters. The fourth-order valence-corrected chi connectivity index (χ4v) is 1.47. The zero-order chi connectivity index (χ0) is 10.7. The molecule has 76 valence electrons. The van der Waals surface area contributed by atoms with E-state index in [9.17, 15) is 0 Å². The van der Waals surface area contributed by atoms with Crippen molar-refractivity contribution in [1.29, 1.82) is 0 Å². The maximum absolute atomic E-state index is 9.00. The first-order valence-corrected chi connectivity index (χ1v) is 5.26. The van der Waals surface area contributed by atoms with E-state index >= 15 is 0 Å². The quantitative estimate of drug-likeness (QED) is 0.906. The molecule has 0 amide bonds. The minimum absolute atomic E-state index is 0.0321. The molecule has 1 heterocycles. The van der Waals surface area contributed by atoms with E-state index in [4.69, 9.17) is 5.11 Å². The lowest BCUT2D eigenvalue weighted by molar-refractivity contribution is 0.282. The Morgan fingerprint density at radius 1 is 1.20 bits per heavy atom. The lowest BCUT2D eigenvalue weighted by Crippen LogP contribution is -1.89. The molecule has 3 nitrogen and oxygen atoms in total. The molecule has 4 heteroatoms. The van der Waals surface area contributed by atoms with Crippen LogP contribution in [0.3, 0.4) is 0 Å². The second-order valence-corrected chi connectivity index (χ2v) is 4.00. The number of rotatable bonds is 2. The van der Waals surface area contributed by atoms with Gasteiger partial charge in [-0.25, -0.2) is 9.97 Å². The number of nitrogens with zero attached hydrogens (tertiary/aromatic N) is 2. The van der Waals surface area contributed by atoms with Gasteiger partial charge in [0.25, 0.3) is 0 Å². The van der Waals surface area contributed by atoms with E-state index in [1.807, 2.05) is 24.3 Å². The van der Waals surface area contributed by atoms with Crippen molar-refractivity contribution in [3.8, 4) is 11.4 Å². The highest BCUT2D eigenvalue weighted by molar-refractivity contribution is 9.10. The molecule has 0 fully saturated rings. The Labute approximate surface area is 96.0 Å².